The first-order valence-electron chi connectivity index (χ1n) is 7.24. The van der Waals surface area contributed by atoms with Crippen LogP contribution in [-0.4, -0.2) is 25.8 Å². The number of alkyl halides is 3. The first-order valence-corrected chi connectivity index (χ1v) is 8.50. The van der Waals surface area contributed by atoms with Crippen LogP contribution in [0.15, 0.2) is 29.8 Å². The van der Waals surface area contributed by atoms with Gasteiger partial charge < -0.3 is 9.67 Å². The molecule has 26 heavy (non-hydrogen) atoms. The van der Waals surface area contributed by atoms with Crippen molar-refractivity contribution in [2.75, 3.05) is 0 Å². The molecule has 0 atom stereocenters. The SMILES string of the molecule is Cc1c(-c2ccc(Cl)cc2)c(C(=O)O)n(Cc2nncs2)c1C(F)(F)F. The summed E-state index contributed by atoms with van der Waals surface area (Å²) in [6.07, 6.45) is -4.73. The first-order chi connectivity index (χ1) is 12.2. The average molecular weight is 402 g/mol. The Bertz CT molecular complexity index is 951. The lowest BCUT2D eigenvalue weighted by Crippen LogP contribution is -2.19. The summed E-state index contributed by atoms with van der Waals surface area (Å²) < 4.78 is 41.9. The van der Waals surface area contributed by atoms with Crippen LogP contribution in [0.5, 0.6) is 0 Å². The maximum Gasteiger partial charge on any atom is 0.431 e. The Morgan fingerprint density at radius 3 is 2.46 bits per heavy atom. The Morgan fingerprint density at radius 2 is 1.96 bits per heavy atom. The molecule has 0 bridgehead atoms. The zero-order valence-corrected chi connectivity index (χ0v) is 14.8. The van der Waals surface area contributed by atoms with Gasteiger partial charge in [0.2, 0.25) is 0 Å². The zero-order valence-electron chi connectivity index (χ0n) is 13.2. The number of hydrogen-bond acceptors (Lipinski definition) is 4. The van der Waals surface area contributed by atoms with E-state index in [2.05, 4.69) is 10.2 Å². The van der Waals surface area contributed by atoms with Gasteiger partial charge in [0.1, 0.15) is 21.9 Å². The van der Waals surface area contributed by atoms with Gasteiger partial charge in [0, 0.05) is 10.6 Å². The fraction of sp³-hybridized carbons (Fsp3) is 0.188. The summed E-state index contributed by atoms with van der Waals surface area (Å²) in [5.74, 6) is -1.46. The number of aromatic carboxylic acids is 1. The molecule has 2 heterocycles. The molecule has 5 nitrogen and oxygen atoms in total. The van der Waals surface area contributed by atoms with Crippen molar-refractivity contribution in [3.8, 4) is 11.1 Å². The van der Waals surface area contributed by atoms with Crippen LogP contribution in [0.4, 0.5) is 13.2 Å². The third kappa shape index (κ3) is 3.32. The summed E-state index contributed by atoms with van der Waals surface area (Å²) in [4.78, 5) is 11.9. The first kappa shape index (κ1) is 18.4. The normalized spacial score (nSPS) is 11.7. The number of carbonyl (C=O) groups is 1. The van der Waals surface area contributed by atoms with Crippen molar-refractivity contribution in [1.29, 1.82) is 0 Å². The van der Waals surface area contributed by atoms with Gasteiger partial charge in [-0.25, -0.2) is 4.79 Å². The minimum absolute atomic E-state index is 0.00556. The van der Waals surface area contributed by atoms with E-state index in [0.29, 0.717) is 10.6 Å². The molecule has 0 spiro atoms. The second kappa shape index (κ2) is 6.73. The Balaban J connectivity index is 2.32. The number of nitrogens with zero attached hydrogens (tertiary/aromatic N) is 3. The fourth-order valence-electron chi connectivity index (χ4n) is 2.86. The van der Waals surface area contributed by atoms with E-state index in [1.54, 1.807) is 0 Å². The third-order valence-corrected chi connectivity index (χ3v) is 4.74. The van der Waals surface area contributed by atoms with Crippen molar-refractivity contribution in [1.82, 2.24) is 14.8 Å². The molecule has 0 aliphatic heterocycles. The molecule has 1 N–H and O–H groups in total. The molecule has 3 rings (SSSR count). The molecule has 10 heteroatoms. The van der Waals surface area contributed by atoms with Gasteiger partial charge in [0.05, 0.1) is 6.54 Å². The molecular weight excluding hydrogens is 391 g/mol. The van der Waals surface area contributed by atoms with E-state index in [0.717, 1.165) is 15.9 Å². The van der Waals surface area contributed by atoms with E-state index in [1.807, 2.05) is 0 Å². The van der Waals surface area contributed by atoms with Crippen LogP contribution in [0.25, 0.3) is 11.1 Å². The molecule has 0 amide bonds. The third-order valence-electron chi connectivity index (χ3n) is 3.81. The highest BCUT2D eigenvalue weighted by atomic mass is 35.5. The number of rotatable bonds is 4. The minimum Gasteiger partial charge on any atom is -0.477 e. The van der Waals surface area contributed by atoms with Crippen molar-refractivity contribution >= 4 is 28.9 Å². The summed E-state index contributed by atoms with van der Waals surface area (Å²) in [6.45, 7) is 0.922. The summed E-state index contributed by atoms with van der Waals surface area (Å²) in [5, 5.41) is 17.6. The van der Waals surface area contributed by atoms with Crippen LogP contribution in [-0.2, 0) is 12.7 Å². The zero-order chi connectivity index (χ0) is 19.1. The molecule has 1 aromatic carbocycles. The van der Waals surface area contributed by atoms with Gasteiger partial charge in [0.15, 0.2) is 0 Å². The lowest BCUT2D eigenvalue weighted by molar-refractivity contribution is -0.143. The molecule has 0 unspecified atom stereocenters. The Labute approximate surface area is 154 Å². The van der Waals surface area contributed by atoms with Gasteiger partial charge in [-0.3, -0.25) is 0 Å². The Morgan fingerprint density at radius 1 is 1.31 bits per heavy atom. The smallest absolute Gasteiger partial charge is 0.431 e. The van der Waals surface area contributed by atoms with Crippen molar-refractivity contribution in [2.45, 2.75) is 19.6 Å². The summed E-state index contributed by atoms with van der Waals surface area (Å²) in [6, 6.07) is 5.98. The number of carboxylic acid groups (broad SMARTS) is 1. The van der Waals surface area contributed by atoms with Crippen molar-refractivity contribution in [2.24, 2.45) is 0 Å². The Kier molecular flexibility index (Phi) is 4.76. The van der Waals surface area contributed by atoms with Crippen molar-refractivity contribution in [3.63, 3.8) is 0 Å². The van der Waals surface area contributed by atoms with Gasteiger partial charge in [-0.05, 0) is 30.2 Å². The molecule has 0 aliphatic rings. The molecule has 136 valence electrons. The van der Waals surface area contributed by atoms with E-state index in [1.165, 1.54) is 36.7 Å². The van der Waals surface area contributed by atoms with Crippen molar-refractivity contribution < 1.29 is 23.1 Å². The second-order valence-corrected chi connectivity index (χ2v) is 6.78. The Hall–Kier alpha value is -2.39. The van der Waals surface area contributed by atoms with Gasteiger partial charge in [0.25, 0.3) is 0 Å². The molecule has 0 fully saturated rings. The van der Waals surface area contributed by atoms with Gasteiger partial charge in [-0.15, -0.1) is 21.5 Å². The predicted molar refractivity (Wildman–Crippen MR) is 90.6 cm³/mol. The number of aromatic nitrogens is 3. The standard InChI is InChI=1S/C16H11ClF3N3O2S/c1-8-12(9-2-4-10(17)5-3-9)13(15(24)25)23(14(8)16(18,19)20)6-11-22-21-7-26-11/h2-5,7H,6H2,1H3,(H,24,25). The second-order valence-electron chi connectivity index (χ2n) is 5.43. The van der Waals surface area contributed by atoms with E-state index in [4.69, 9.17) is 11.6 Å². The largest absolute Gasteiger partial charge is 0.477 e. The highest BCUT2D eigenvalue weighted by molar-refractivity contribution is 7.09. The topological polar surface area (TPSA) is 68.0 Å². The summed E-state index contributed by atoms with van der Waals surface area (Å²) in [7, 11) is 0. The van der Waals surface area contributed by atoms with E-state index in [-0.39, 0.29) is 22.7 Å². The summed E-state index contributed by atoms with van der Waals surface area (Å²) >= 11 is 6.88. The minimum atomic E-state index is -4.73. The maximum atomic E-state index is 13.7. The molecule has 0 aliphatic carbocycles. The van der Waals surface area contributed by atoms with Crippen molar-refractivity contribution in [3.05, 3.63) is 56.8 Å². The monoisotopic (exact) mass is 401 g/mol. The lowest BCUT2D eigenvalue weighted by atomic mass is 10.0. The predicted octanol–water partition coefficient (Wildman–Crippen LogP) is 4.73. The van der Waals surface area contributed by atoms with E-state index < -0.39 is 23.5 Å². The van der Waals surface area contributed by atoms with Crippen LogP contribution in [0.2, 0.25) is 5.02 Å². The average Bonchev–Trinajstić information content (AvgIpc) is 3.14. The molecule has 0 saturated carbocycles. The van der Waals surface area contributed by atoms with Gasteiger partial charge >= 0.3 is 12.1 Å². The van der Waals surface area contributed by atoms with Gasteiger partial charge in [-0.2, -0.15) is 13.2 Å². The number of carboxylic acids is 1. The maximum absolute atomic E-state index is 13.7. The number of benzene rings is 1. The molecule has 0 radical (unpaired) electrons. The van der Waals surface area contributed by atoms with E-state index in [9.17, 15) is 23.1 Å². The quantitative estimate of drug-likeness (QED) is 0.686. The number of halogens is 4. The molecular formula is C16H11ClF3N3O2S. The van der Waals surface area contributed by atoms with Crippen LogP contribution in [0.1, 0.15) is 26.8 Å². The lowest BCUT2D eigenvalue weighted by Gasteiger charge is -2.13. The van der Waals surface area contributed by atoms with Crippen LogP contribution in [0.3, 0.4) is 0 Å². The molecule has 2 aromatic heterocycles. The number of hydrogen-bond donors (Lipinski definition) is 1. The highest BCUT2D eigenvalue weighted by Crippen LogP contribution is 2.41. The molecule has 0 saturated heterocycles. The summed E-state index contributed by atoms with van der Waals surface area (Å²) in [5.41, 5.74) is 0.0837. The highest BCUT2D eigenvalue weighted by Gasteiger charge is 2.41. The van der Waals surface area contributed by atoms with Gasteiger partial charge in [-0.1, -0.05) is 23.7 Å². The van der Waals surface area contributed by atoms with E-state index >= 15 is 0 Å². The fourth-order valence-corrected chi connectivity index (χ4v) is 3.50. The van der Waals surface area contributed by atoms with Crippen LogP contribution in [0, 0.1) is 6.92 Å². The van der Waals surface area contributed by atoms with Crippen LogP contribution < -0.4 is 0 Å². The van der Waals surface area contributed by atoms with Crippen LogP contribution >= 0.6 is 22.9 Å². The molecule has 3 aromatic rings.